The number of carboxylic acids is 1. The lowest BCUT2D eigenvalue weighted by molar-refractivity contribution is -0.138. The lowest BCUT2D eigenvalue weighted by atomic mass is 10.1. The Kier molecular flexibility index (Phi) is 5.27. The molecule has 2 aromatic rings. The molecular weight excluding hydrogens is 292 g/mol. The normalized spacial score (nSPS) is 12.3. The van der Waals surface area contributed by atoms with Crippen LogP contribution in [0.15, 0.2) is 24.3 Å². The zero-order chi connectivity index (χ0) is 15.2. The maximum absolute atomic E-state index is 11.0. The van der Waals surface area contributed by atoms with Crippen LogP contribution in [-0.2, 0) is 11.2 Å². The molecule has 7 heteroatoms. The summed E-state index contributed by atoms with van der Waals surface area (Å²) < 4.78 is 1.62. The summed E-state index contributed by atoms with van der Waals surface area (Å²) >= 11 is 5.97. The topological polar surface area (TPSA) is 80.9 Å². The lowest BCUT2D eigenvalue weighted by Gasteiger charge is -2.15. The molecule has 0 amide bonds. The van der Waals surface area contributed by atoms with Crippen molar-refractivity contribution in [2.75, 3.05) is 0 Å². The van der Waals surface area contributed by atoms with Gasteiger partial charge in [-0.05, 0) is 34.5 Å². The molecule has 2 rings (SSSR count). The molecule has 21 heavy (non-hydrogen) atoms. The maximum Gasteiger partial charge on any atom is 0.305 e. The molecule has 0 spiro atoms. The SMILES string of the molecule is CCCC(CC(=O)O)n1nnnc1Cc1cccc(Cl)c1. The second kappa shape index (κ2) is 7.17. The molecule has 1 heterocycles. The number of tetrazole rings is 1. The molecule has 0 radical (unpaired) electrons. The van der Waals surface area contributed by atoms with Crippen LogP contribution in [0.1, 0.15) is 43.6 Å². The van der Waals surface area contributed by atoms with Gasteiger partial charge in [-0.3, -0.25) is 4.79 Å². The van der Waals surface area contributed by atoms with Crippen LogP contribution in [0.5, 0.6) is 0 Å². The first kappa shape index (κ1) is 15.4. The number of aromatic nitrogens is 4. The van der Waals surface area contributed by atoms with Crippen LogP contribution in [0.4, 0.5) is 0 Å². The van der Waals surface area contributed by atoms with Gasteiger partial charge < -0.3 is 5.11 Å². The second-order valence-electron chi connectivity index (χ2n) is 4.89. The molecule has 0 saturated heterocycles. The van der Waals surface area contributed by atoms with Crippen molar-refractivity contribution in [2.24, 2.45) is 0 Å². The molecule has 6 nitrogen and oxygen atoms in total. The smallest absolute Gasteiger partial charge is 0.305 e. The summed E-state index contributed by atoms with van der Waals surface area (Å²) in [7, 11) is 0. The Balaban J connectivity index is 2.21. The summed E-state index contributed by atoms with van der Waals surface area (Å²) in [6.07, 6.45) is 2.13. The standard InChI is InChI=1S/C14H17ClN4O2/c1-2-4-12(9-14(20)21)19-13(16-17-18-19)8-10-5-3-6-11(15)7-10/h3,5-7,12H,2,4,8-9H2,1H3,(H,20,21). The van der Waals surface area contributed by atoms with Gasteiger partial charge in [-0.1, -0.05) is 37.1 Å². The summed E-state index contributed by atoms with van der Waals surface area (Å²) in [4.78, 5) is 11.0. The summed E-state index contributed by atoms with van der Waals surface area (Å²) in [5.41, 5.74) is 0.990. The predicted octanol–water partition coefficient (Wildman–Crippen LogP) is 2.73. The van der Waals surface area contributed by atoms with E-state index in [1.807, 2.05) is 25.1 Å². The van der Waals surface area contributed by atoms with E-state index in [9.17, 15) is 4.79 Å². The molecule has 1 aromatic heterocycles. The van der Waals surface area contributed by atoms with E-state index in [1.165, 1.54) is 0 Å². The molecule has 112 valence electrons. The van der Waals surface area contributed by atoms with Crippen molar-refractivity contribution in [3.05, 3.63) is 40.7 Å². The molecule has 1 aromatic carbocycles. The van der Waals surface area contributed by atoms with Gasteiger partial charge in [0, 0.05) is 11.4 Å². The first-order valence-corrected chi connectivity index (χ1v) is 7.21. The van der Waals surface area contributed by atoms with Gasteiger partial charge in [-0.25, -0.2) is 4.68 Å². The Labute approximate surface area is 127 Å². The number of hydrogen-bond acceptors (Lipinski definition) is 4. The van der Waals surface area contributed by atoms with E-state index in [2.05, 4.69) is 15.5 Å². The van der Waals surface area contributed by atoms with Crippen LogP contribution in [-0.4, -0.2) is 31.3 Å². The average molecular weight is 309 g/mol. The Bertz CT molecular complexity index is 615. The molecule has 0 aliphatic heterocycles. The fourth-order valence-corrected chi connectivity index (χ4v) is 2.50. The van der Waals surface area contributed by atoms with Crippen LogP contribution < -0.4 is 0 Å². The third-order valence-corrected chi connectivity index (χ3v) is 3.43. The Morgan fingerprint density at radius 2 is 2.29 bits per heavy atom. The van der Waals surface area contributed by atoms with E-state index in [0.29, 0.717) is 17.3 Å². The molecule has 1 atom stereocenters. The van der Waals surface area contributed by atoms with Gasteiger partial charge in [-0.2, -0.15) is 0 Å². The van der Waals surface area contributed by atoms with Gasteiger partial charge in [0.25, 0.3) is 0 Å². The zero-order valence-electron chi connectivity index (χ0n) is 11.7. The minimum Gasteiger partial charge on any atom is -0.481 e. The van der Waals surface area contributed by atoms with E-state index < -0.39 is 5.97 Å². The van der Waals surface area contributed by atoms with Gasteiger partial charge in [0.1, 0.15) is 0 Å². The largest absolute Gasteiger partial charge is 0.481 e. The molecule has 0 bridgehead atoms. The summed E-state index contributed by atoms with van der Waals surface area (Å²) in [5.74, 6) is -0.199. The number of hydrogen-bond donors (Lipinski definition) is 1. The number of carbonyl (C=O) groups is 1. The van der Waals surface area contributed by atoms with E-state index in [0.717, 1.165) is 18.4 Å². The molecule has 0 aliphatic rings. The number of aliphatic carboxylic acids is 1. The van der Waals surface area contributed by atoms with Gasteiger partial charge >= 0.3 is 5.97 Å². The third-order valence-electron chi connectivity index (χ3n) is 3.19. The van der Waals surface area contributed by atoms with Crippen LogP contribution >= 0.6 is 11.6 Å². The highest BCUT2D eigenvalue weighted by Gasteiger charge is 2.19. The average Bonchev–Trinajstić information content (AvgIpc) is 2.86. The summed E-state index contributed by atoms with van der Waals surface area (Å²) in [5, 5.41) is 21.4. The summed E-state index contributed by atoms with van der Waals surface area (Å²) in [6.45, 7) is 2.01. The Hall–Kier alpha value is -1.95. The molecular formula is C14H17ClN4O2. The first-order chi connectivity index (χ1) is 10.1. The number of halogens is 1. The summed E-state index contributed by atoms with van der Waals surface area (Å²) in [6, 6.07) is 7.24. The minimum atomic E-state index is -0.849. The zero-order valence-corrected chi connectivity index (χ0v) is 12.5. The molecule has 1 unspecified atom stereocenters. The van der Waals surface area contributed by atoms with Crippen LogP contribution in [0.2, 0.25) is 5.02 Å². The predicted molar refractivity (Wildman–Crippen MR) is 78.3 cm³/mol. The number of carboxylic acid groups (broad SMARTS) is 1. The highest BCUT2D eigenvalue weighted by atomic mass is 35.5. The van der Waals surface area contributed by atoms with E-state index in [-0.39, 0.29) is 12.5 Å². The third kappa shape index (κ3) is 4.26. The van der Waals surface area contributed by atoms with Crippen LogP contribution in [0.25, 0.3) is 0 Å². The molecule has 0 fully saturated rings. The molecule has 0 aliphatic carbocycles. The van der Waals surface area contributed by atoms with Gasteiger partial charge in [0.15, 0.2) is 5.82 Å². The van der Waals surface area contributed by atoms with E-state index in [4.69, 9.17) is 16.7 Å². The lowest BCUT2D eigenvalue weighted by Crippen LogP contribution is -2.18. The van der Waals surface area contributed by atoms with Crippen LogP contribution in [0.3, 0.4) is 0 Å². The second-order valence-corrected chi connectivity index (χ2v) is 5.32. The van der Waals surface area contributed by atoms with Crippen LogP contribution in [0, 0.1) is 0 Å². The fraction of sp³-hybridized carbons (Fsp3) is 0.429. The minimum absolute atomic E-state index is 0.0153. The maximum atomic E-state index is 11.0. The molecule has 1 N–H and O–H groups in total. The van der Waals surface area contributed by atoms with Gasteiger partial charge in [-0.15, -0.1) is 5.10 Å². The van der Waals surface area contributed by atoms with E-state index in [1.54, 1.807) is 10.7 Å². The Morgan fingerprint density at radius 3 is 2.95 bits per heavy atom. The van der Waals surface area contributed by atoms with Crippen molar-refractivity contribution < 1.29 is 9.90 Å². The van der Waals surface area contributed by atoms with Crippen molar-refractivity contribution in [3.8, 4) is 0 Å². The van der Waals surface area contributed by atoms with E-state index >= 15 is 0 Å². The monoisotopic (exact) mass is 308 g/mol. The Morgan fingerprint density at radius 1 is 1.48 bits per heavy atom. The number of rotatable bonds is 7. The first-order valence-electron chi connectivity index (χ1n) is 6.83. The number of nitrogens with zero attached hydrogens (tertiary/aromatic N) is 4. The van der Waals surface area contributed by atoms with Gasteiger partial charge in [0.05, 0.1) is 12.5 Å². The van der Waals surface area contributed by atoms with Crippen molar-refractivity contribution in [3.63, 3.8) is 0 Å². The van der Waals surface area contributed by atoms with Crippen molar-refractivity contribution in [2.45, 2.75) is 38.6 Å². The van der Waals surface area contributed by atoms with Crippen molar-refractivity contribution in [1.82, 2.24) is 20.2 Å². The quantitative estimate of drug-likeness (QED) is 0.850. The number of benzene rings is 1. The highest BCUT2D eigenvalue weighted by molar-refractivity contribution is 6.30. The fourth-order valence-electron chi connectivity index (χ4n) is 2.29. The van der Waals surface area contributed by atoms with Crippen molar-refractivity contribution in [1.29, 1.82) is 0 Å². The molecule has 0 saturated carbocycles. The van der Waals surface area contributed by atoms with Gasteiger partial charge in [0.2, 0.25) is 0 Å². The van der Waals surface area contributed by atoms with Crippen molar-refractivity contribution >= 4 is 17.6 Å². The highest BCUT2D eigenvalue weighted by Crippen LogP contribution is 2.20.